The molecule has 0 amide bonds. The van der Waals surface area contributed by atoms with Gasteiger partial charge in [0.05, 0.1) is 23.7 Å². The highest BCUT2D eigenvalue weighted by atomic mass is 32.1. The lowest BCUT2D eigenvalue weighted by atomic mass is 10.1. The second-order valence-corrected chi connectivity index (χ2v) is 14.5. The van der Waals surface area contributed by atoms with Gasteiger partial charge < -0.3 is 20.1 Å². The lowest BCUT2D eigenvalue weighted by molar-refractivity contribution is 0.306. The third-order valence-corrected chi connectivity index (χ3v) is 9.99. The van der Waals surface area contributed by atoms with E-state index in [1.54, 1.807) is 28.7 Å². The zero-order chi connectivity index (χ0) is 35.1. The Morgan fingerprint density at radius 3 is 1.56 bits per heavy atom. The average Bonchev–Trinajstić information content (AvgIpc) is 3.81. The van der Waals surface area contributed by atoms with Crippen molar-refractivity contribution in [3.05, 3.63) is 163 Å². The van der Waals surface area contributed by atoms with Crippen molar-refractivity contribution in [3.63, 3.8) is 0 Å². The number of thiazole rings is 2. The van der Waals surface area contributed by atoms with Crippen molar-refractivity contribution in [1.82, 2.24) is 20.6 Å². The molecule has 0 bridgehead atoms. The van der Waals surface area contributed by atoms with Gasteiger partial charge in [0.25, 0.3) is 0 Å². The number of hydrogen-bond donors (Lipinski definition) is 2. The van der Waals surface area contributed by atoms with Crippen molar-refractivity contribution < 1.29 is 9.47 Å². The summed E-state index contributed by atoms with van der Waals surface area (Å²) in [5.41, 5.74) is 5.25. The molecule has 0 aliphatic rings. The van der Waals surface area contributed by atoms with E-state index in [0.29, 0.717) is 18.8 Å². The van der Waals surface area contributed by atoms with Crippen LogP contribution in [0.25, 0.3) is 0 Å². The van der Waals surface area contributed by atoms with E-state index in [1.165, 1.54) is 26.4 Å². The number of benzene rings is 4. The summed E-state index contributed by atoms with van der Waals surface area (Å²) in [6.45, 7) is 11.1. The third kappa shape index (κ3) is 11.6. The zero-order valence-electron chi connectivity index (χ0n) is 28.9. The first kappa shape index (κ1) is 36.4. The normalized spacial score (nSPS) is 11.9. The Balaban J connectivity index is 0.000000195. The highest BCUT2D eigenvalue weighted by Crippen LogP contribution is 2.22. The second kappa shape index (κ2) is 18.8. The molecule has 0 saturated carbocycles. The lowest BCUT2D eigenvalue weighted by Crippen LogP contribution is -2.17. The van der Waals surface area contributed by atoms with Gasteiger partial charge in [0.2, 0.25) is 0 Å². The van der Waals surface area contributed by atoms with Crippen LogP contribution in [0.3, 0.4) is 0 Å². The minimum Gasteiger partial charge on any atom is -0.489 e. The molecule has 0 spiro atoms. The molecule has 50 heavy (non-hydrogen) atoms. The van der Waals surface area contributed by atoms with Gasteiger partial charge >= 0.3 is 0 Å². The molecule has 2 atom stereocenters. The number of aryl methyl sites for hydroxylation is 2. The zero-order valence-corrected chi connectivity index (χ0v) is 30.6. The SMILES string of the molecule is Cc1cnc([C@H](C)NCc2ccc(OCc3cccc(C#N)c3)cc2)s1.Cc1cnc([C@H](C)NCc2ccc(OCc3ccccc3)cc2)s1. The molecule has 0 unspecified atom stereocenters. The van der Waals surface area contributed by atoms with Crippen LogP contribution in [0.2, 0.25) is 0 Å². The first-order valence-corrected chi connectivity index (χ1v) is 18.3. The number of rotatable bonds is 14. The summed E-state index contributed by atoms with van der Waals surface area (Å²) in [4.78, 5) is 11.3. The van der Waals surface area contributed by atoms with Crippen LogP contribution in [0.1, 0.15) is 73.5 Å². The summed E-state index contributed by atoms with van der Waals surface area (Å²) in [6, 6.07) is 36.7. The van der Waals surface area contributed by atoms with Crippen LogP contribution in [0, 0.1) is 25.2 Å². The van der Waals surface area contributed by atoms with Gasteiger partial charge in [0.1, 0.15) is 34.7 Å². The van der Waals surface area contributed by atoms with Crippen LogP contribution < -0.4 is 20.1 Å². The quantitative estimate of drug-likeness (QED) is 0.117. The van der Waals surface area contributed by atoms with Crippen LogP contribution in [0.4, 0.5) is 0 Å². The van der Waals surface area contributed by atoms with Crippen molar-refractivity contribution >= 4 is 22.7 Å². The van der Waals surface area contributed by atoms with Gasteiger partial charge in [-0.3, -0.25) is 0 Å². The Hall–Kier alpha value is -4.85. The fourth-order valence-electron chi connectivity index (χ4n) is 4.91. The number of ether oxygens (including phenoxy) is 2. The van der Waals surface area contributed by atoms with Crippen LogP contribution in [-0.2, 0) is 26.3 Å². The van der Waals surface area contributed by atoms with E-state index >= 15 is 0 Å². The van der Waals surface area contributed by atoms with Crippen LogP contribution >= 0.6 is 22.7 Å². The van der Waals surface area contributed by atoms with Gasteiger partial charge in [-0.15, -0.1) is 22.7 Å². The van der Waals surface area contributed by atoms with Crippen molar-refractivity contribution in [3.8, 4) is 17.6 Å². The number of nitrogens with zero attached hydrogens (tertiary/aromatic N) is 3. The Morgan fingerprint density at radius 2 is 1.10 bits per heavy atom. The predicted octanol–water partition coefficient (Wildman–Crippen LogP) is 9.63. The smallest absolute Gasteiger partial charge is 0.119 e. The first-order chi connectivity index (χ1) is 24.3. The minimum atomic E-state index is 0.233. The van der Waals surface area contributed by atoms with Crippen molar-refractivity contribution in [2.24, 2.45) is 0 Å². The van der Waals surface area contributed by atoms with E-state index < -0.39 is 0 Å². The Kier molecular flexibility index (Phi) is 13.7. The van der Waals surface area contributed by atoms with E-state index in [9.17, 15) is 0 Å². The topological polar surface area (TPSA) is 92.1 Å². The van der Waals surface area contributed by atoms with E-state index in [1.807, 2.05) is 73.1 Å². The van der Waals surface area contributed by atoms with Gasteiger partial charge in [-0.1, -0.05) is 66.7 Å². The van der Waals surface area contributed by atoms with Gasteiger partial charge in [0.15, 0.2) is 0 Å². The maximum Gasteiger partial charge on any atom is 0.119 e. The summed E-state index contributed by atoms with van der Waals surface area (Å²) in [7, 11) is 0. The molecule has 0 fully saturated rings. The van der Waals surface area contributed by atoms with E-state index in [4.69, 9.17) is 14.7 Å². The molecule has 6 rings (SSSR count). The van der Waals surface area contributed by atoms with Crippen molar-refractivity contribution in [2.75, 3.05) is 0 Å². The summed E-state index contributed by atoms with van der Waals surface area (Å²) >= 11 is 3.47. The molecule has 0 saturated heterocycles. The molecule has 2 N–H and O–H groups in total. The fraction of sp³-hybridized carbons (Fsp3) is 0.244. The monoisotopic (exact) mass is 701 g/mol. The molecule has 0 aliphatic heterocycles. The summed E-state index contributed by atoms with van der Waals surface area (Å²) in [5.74, 6) is 1.71. The highest BCUT2D eigenvalue weighted by molar-refractivity contribution is 7.11. The number of aromatic nitrogens is 2. The fourth-order valence-corrected chi connectivity index (χ4v) is 6.51. The second-order valence-electron chi connectivity index (χ2n) is 12.0. The Bertz CT molecular complexity index is 1930. The summed E-state index contributed by atoms with van der Waals surface area (Å²) < 4.78 is 11.6. The summed E-state index contributed by atoms with van der Waals surface area (Å²) in [6.07, 6.45) is 3.84. The maximum absolute atomic E-state index is 8.94. The van der Waals surface area contributed by atoms with E-state index in [-0.39, 0.29) is 12.1 Å². The predicted molar refractivity (Wildman–Crippen MR) is 203 cm³/mol. The maximum atomic E-state index is 8.94. The average molecular weight is 702 g/mol. The lowest BCUT2D eigenvalue weighted by Gasteiger charge is -2.12. The van der Waals surface area contributed by atoms with Crippen molar-refractivity contribution in [1.29, 1.82) is 5.26 Å². The van der Waals surface area contributed by atoms with Crippen LogP contribution in [-0.4, -0.2) is 9.97 Å². The van der Waals surface area contributed by atoms with Crippen molar-refractivity contribution in [2.45, 2.75) is 66.1 Å². The highest BCUT2D eigenvalue weighted by Gasteiger charge is 2.10. The number of nitrogens with one attached hydrogen (secondary N) is 2. The van der Waals surface area contributed by atoms with Gasteiger partial charge in [0, 0.05) is 35.2 Å². The third-order valence-electron chi connectivity index (χ3n) is 7.80. The van der Waals surface area contributed by atoms with Crippen LogP contribution in [0.5, 0.6) is 11.5 Å². The molecule has 2 heterocycles. The molecular formula is C41H43N5O2S2. The first-order valence-electron chi connectivity index (χ1n) is 16.6. The van der Waals surface area contributed by atoms with Gasteiger partial charge in [-0.25, -0.2) is 9.97 Å². The largest absolute Gasteiger partial charge is 0.489 e. The molecule has 0 radical (unpaired) electrons. The summed E-state index contributed by atoms with van der Waals surface area (Å²) in [5, 5.41) is 18.2. The number of hydrogen-bond acceptors (Lipinski definition) is 9. The molecule has 2 aromatic heterocycles. The molecule has 256 valence electrons. The van der Waals surface area contributed by atoms with Gasteiger partial charge in [-0.05, 0) is 86.3 Å². The van der Waals surface area contributed by atoms with E-state index in [0.717, 1.165) is 40.2 Å². The molecule has 7 nitrogen and oxygen atoms in total. The molecule has 0 aliphatic carbocycles. The Morgan fingerprint density at radius 1 is 0.620 bits per heavy atom. The minimum absolute atomic E-state index is 0.233. The molecular weight excluding hydrogens is 659 g/mol. The molecule has 9 heteroatoms. The number of nitriles is 1. The van der Waals surface area contributed by atoms with Crippen LogP contribution in [0.15, 0.2) is 116 Å². The van der Waals surface area contributed by atoms with E-state index in [2.05, 4.69) is 90.8 Å². The Labute approximate surface area is 303 Å². The standard InChI is InChI=1S/C21H21N3OS.C20H22N2OS/c1-15-12-24-21(26-15)16(2)23-13-17-6-8-20(9-7-17)25-14-19-5-3-4-18(10-19)11-22;1-15-12-22-20(24-15)16(2)21-13-17-8-10-19(11-9-17)23-14-18-6-4-3-5-7-18/h3-10,12,16,23H,13-14H2,1-2H3;3-12,16,21H,13-14H2,1-2H3/t2*16-/m00/s1. The van der Waals surface area contributed by atoms with Gasteiger partial charge in [-0.2, -0.15) is 5.26 Å². The molecule has 4 aromatic carbocycles. The molecule has 6 aromatic rings.